The minimum Gasteiger partial charge on any atom is -0.370 e. The molecule has 2 unspecified atom stereocenters. The minimum absolute atomic E-state index is 0.0188. The van der Waals surface area contributed by atoms with Gasteiger partial charge in [-0.15, -0.1) is 0 Å². The van der Waals surface area contributed by atoms with Gasteiger partial charge in [0.15, 0.2) is 5.96 Å². The monoisotopic (exact) mass is 632 g/mol. The maximum Gasteiger partial charge on any atom is 0.243 e. The Bertz CT molecular complexity index is 1040. The molecule has 1 aliphatic heterocycles. The lowest BCUT2D eigenvalue weighted by Crippen LogP contribution is -2.56. The van der Waals surface area contributed by atoms with E-state index in [4.69, 9.17) is 17.2 Å². The van der Waals surface area contributed by atoms with Gasteiger partial charge in [0.2, 0.25) is 41.4 Å². The number of primary amides is 1. The highest BCUT2D eigenvalue weighted by Gasteiger charge is 2.29. The Kier molecular flexibility index (Phi) is 16.1. The first kappa shape index (κ1) is 36.3. The molecule has 0 radical (unpaired) electrons. The lowest BCUT2D eigenvalue weighted by atomic mass is 10.0. The first-order chi connectivity index (χ1) is 19.7. The average Bonchev–Trinajstić information content (AvgIpc) is 2.88. The van der Waals surface area contributed by atoms with Crippen molar-refractivity contribution in [3.63, 3.8) is 0 Å². The second kappa shape index (κ2) is 18.6. The van der Waals surface area contributed by atoms with Crippen molar-refractivity contribution in [2.45, 2.75) is 57.8 Å². The van der Waals surface area contributed by atoms with Crippen LogP contribution in [0.1, 0.15) is 33.6 Å². The van der Waals surface area contributed by atoms with Crippen molar-refractivity contribution in [2.24, 2.45) is 28.1 Å². The van der Waals surface area contributed by atoms with E-state index in [1.807, 2.05) is 13.8 Å². The third-order valence-electron chi connectivity index (χ3n) is 5.48. The molecule has 1 aliphatic rings. The zero-order valence-corrected chi connectivity index (χ0v) is 25.3. The van der Waals surface area contributed by atoms with Crippen LogP contribution in [-0.4, -0.2) is 103 Å². The quantitative estimate of drug-likeness (QED) is 0.0736. The summed E-state index contributed by atoms with van der Waals surface area (Å²) in [5, 5.41) is 14.9. The zero-order valence-electron chi connectivity index (χ0n) is 23.7. The second-order valence-electron chi connectivity index (χ2n) is 9.69. The third kappa shape index (κ3) is 14.8. The maximum atomic E-state index is 13.2. The number of hydrogen-bond donors (Lipinski definition) is 9. The number of rotatable bonds is 7. The minimum atomic E-state index is -1.19. The summed E-state index contributed by atoms with van der Waals surface area (Å²) >= 11 is 0. The van der Waals surface area contributed by atoms with Gasteiger partial charge >= 0.3 is 0 Å². The second-order valence-corrected chi connectivity index (χ2v) is 12.2. The predicted octanol–water partition coefficient (Wildman–Crippen LogP) is -4.23. The van der Waals surface area contributed by atoms with Gasteiger partial charge in [-0.25, -0.2) is 0 Å². The predicted molar refractivity (Wildman–Crippen MR) is 158 cm³/mol. The van der Waals surface area contributed by atoms with E-state index in [2.05, 4.69) is 36.9 Å². The van der Waals surface area contributed by atoms with Crippen LogP contribution in [0.4, 0.5) is 0 Å². The van der Waals surface area contributed by atoms with Crippen LogP contribution in [0.2, 0.25) is 0 Å². The van der Waals surface area contributed by atoms with E-state index in [1.54, 1.807) is 0 Å². The van der Waals surface area contributed by atoms with Crippen molar-refractivity contribution >= 4 is 68.9 Å². The fourth-order valence-electron chi connectivity index (χ4n) is 3.49. The molecule has 7 amide bonds. The van der Waals surface area contributed by atoms with Gasteiger partial charge in [-0.05, 0) is 18.8 Å². The Labute approximate surface area is 251 Å². The normalized spacial score (nSPS) is 23.8. The number of aliphatic imine (C=N–C) groups is 1. The standard InChI is InChI=1S/C23H40N10O7S2/c1-11(2)6-14-22(40)33-13(4-5-27-23(25)26)20(38)28-8-18(36)32-15(19(24)37)9-41-42-10-16(30-12(3)34)21(39)29-7-17(35)31-14/h11,13-16H,4-10H2,1-3H3,(H2,24,37)(H,28,38)(H,29,39)(H,30,34)(H,31,35)(H,32,36)(H,33,40)(H4,25,26,27)/t13?,14-,15?,16+/m1/s1. The lowest BCUT2D eigenvalue weighted by Gasteiger charge is -2.24. The van der Waals surface area contributed by atoms with Gasteiger partial charge in [0.25, 0.3) is 0 Å². The van der Waals surface area contributed by atoms with Crippen molar-refractivity contribution in [2.75, 3.05) is 31.1 Å². The summed E-state index contributed by atoms with van der Waals surface area (Å²) in [5.41, 5.74) is 16.1. The molecule has 0 aromatic rings. The molecule has 42 heavy (non-hydrogen) atoms. The van der Waals surface area contributed by atoms with Crippen LogP contribution in [0.5, 0.6) is 0 Å². The molecule has 1 rings (SSSR count). The molecule has 0 bridgehead atoms. The van der Waals surface area contributed by atoms with Crippen molar-refractivity contribution < 1.29 is 33.6 Å². The fourth-order valence-corrected chi connectivity index (χ4v) is 5.83. The van der Waals surface area contributed by atoms with Crippen molar-refractivity contribution in [3.05, 3.63) is 0 Å². The van der Waals surface area contributed by atoms with Crippen LogP contribution in [-0.2, 0) is 33.6 Å². The van der Waals surface area contributed by atoms with Gasteiger partial charge in [0, 0.05) is 25.0 Å². The number of carbonyl (C=O) groups excluding carboxylic acids is 7. The Morgan fingerprint density at radius 3 is 2.05 bits per heavy atom. The number of nitrogens with zero attached hydrogens (tertiary/aromatic N) is 1. The summed E-state index contributed by atoms with van der Waals surface area (Å²) in [4.78, 5) is 91.3. The van der Waals surface area contributed by atoms with Crippen LogP contribution in [0.15, 0.2) is 4.99 Å². The number of nitrogens with one attached hydrogen (secondary N) is 6. The molecule has 19 heteroatoms. The molecule has 1 fully saturated rings. The molecule has 0 spiro atoms. The molecule has 1 heterocycles. The number of amides is 7. The lowest BCUT2D eigenvalue weighted by molar-refractivity contribution is -0.133. The van der Waals surface area contributed by atoms with Crippen LogP contribution in [0, 0.1) is 5.92 Å². The van der Waals surface area contributed by atoms with E-state index >= 15 is 0 Å². The first-order valence-electron chi connectivity index (χ1n) is 13.0. The van der Waals surface area contributed by atoms with Gasteiger partial charge in [-0.2, -0.15) is 0 Å². The van der Waals surface area contributed by atoms with Gasteiger partial charge in [-0.1, -0.05) is 35.4 Å². The highest BCUT2D eigenvalue weighted by atomic mass is 33.1. The zero-order chi connectivity index (χ0) is 31.8. The summed E-state index contributed by atoms with van der Waals surface area (Å²) in [6.07, 6.45) is 0.158. The van der Waals surface area contributed by atoms with E-state index in [0.717, 1.165) is 21.6 Å². The molecular weight excluding hydrogens is 592 g/mol. The summed E-state index contributed by atoms with van der Waals surface area (Å²) in [7, 11) is 2.24. The average molecular weight is 633 g/mol. The number of carbonyl (C=O) groups is 7. The summed E-state index contributed by atoms with van der Waals surface area (Å²) < 4.78 is 0. The van der Waals surface area contributed by atoms with Crippen molar-refractivity contribution in [1.82, 2.24) is 31.9 Å². The van der Waals surface area contributed by atoms with Crippen molar-refractivity contribution in [3.8, 4) is 0 Å². The topological polar surface area (TPSA) is 282 Å². The molecule has 0 saturated carbocycles. The number of guanidine groups is 1. The molecule has 4 atom stereocenters. The van der Waals surface area contributed by atoms with E-state index in [1.165, 1.54) is 6.92 Å². The van der Waals surface area contributed by atoms with E-state index < -0.39 is 78.6 Å². The third-order valence-corrected chi connectivity index (χ3v) is 7.90. The molecule has 236 valence electrons. The van der Waals surface area contributed by atoms with Crippen LogP contribution >= 0.6 is 21.6 Å². The molecule has 0 aliphatic carbocycles. The van der Waals surface area contributed by atoms with Crippen LogP contribution < -0.4 is 49.1 Å². The molecule has 0 aromatic heterocycles. The van der Waals surface area contributed by atoms with Crippen molar-refractivity contribution in [1.29, 1.82) is 0 Å². The SMILES string of the molecule is CC(=O)N[C@H]1CSSCC(C(N)=O)NC(=O)CNC(=O)C(CCN=C(N)N)NC(=O)[C@@H](CC(C)C)NC(=O)CNC1=O. The smallest absolute Gasteiger partial charge is 0.243 e. The Hall–Kier alpha value is -3.74. The van der Waals surface area contributed by atoms with Crippen LogP contribution in [0.25, 0.3) is 0 Å². The van der Waals surface area contributed by atoms with Gasteiger partial charge in [0.1, 0.15) is 24.2 Å². The van der Waals surface area contributed by atoms with Gasteiger partial charge in [0.05, 0.1) is 13.1 Å². The number of hydrogen-bond acceptors (Lipinski definition) is 10. The van der Waals surface area contributed by atoms with E-state index in [0.29, 0.717) is 0 Å². The highest BCUT2D eigenvalue weighted by Crippen LogP contribution is 2.23. The first-order valence-corrected chi connectivity index (χ1v) is 15.5. The summed E-state index contributed by atoms with van der Waals surface area (Å²) in [5.74, 6) is -4.97. The Morgan fingerprint density at radius 2 is 1.48 bits per heavy atom. The maximum absolute atomic E-state index is 13.2. The Morgan fingerprint density at radius 1 is 0.881 bits per heavy atom. The molecule has 12 N–H and O–H groups in total. The molecule has 0 aromatic carbocycles. The largest absolute Gasteiger partial charge is 0.370 e. The molecule has 1 saturated heterocycles. The summed E-state index contributed by atoms with van der Waals surface area (Å²) in [6, 6.07) is -4.39. The van der Waals surface area contributed by atoms with Gasteiger partial charge in [-0.3, -0.25) is 38.6 Å². The Balaban J connectivity index is 3.25. The van der Waals surface area contributed by atoms with E-state index in [-0.39, 0.29) is 42.8 Å². The van der Waals surface area contributed by atoms with E-state index in [9.17, 15) is 33.6 Å². The van der Waals surface area contributed by atoms with Crippen LogP contribution in [0.3, 0.4) is 0 Å². The molecule has 17 nitrogen and oxygen atoms in total. The molecular formula is C23H40N10O7S2. The number of nitrogens with two attached hydrogens (primary N) is 3. The fraction of sp³-hybridized carbons (Fsp3) is 0.652. The van der Waals surface area contributed by atoms with Gasteiger partial charge < -0.3 is 49.1 Å². The summed E-state index contributed by atoms with van der Waals surface area (Å²) in [6.45, 7) is 3.82. The highest BCUT2D eigenvalue weighted by molar-refractivity contribution is 8.76.